The number of anilines is 1. The van der Waals surface area contributed by atoms with Gasteiger partial charge in [0, 0.05) is 35.0 Å². The van der Waals surface area contributed by atoms with E-state index in [1.807, 2.05) is 13.8 Å². The summed E-state index contributed by atoms with van der Waals surface area (Å²) in [7, 11) is 0. The van der Waals surface area contributed by atoms with E-state index in [0.29, 0.717) is 16.8 Å². The Balaban J connectivity index is 0.00000216. The largest absolute Gasteiger partial charge is 0.508 e. The van der Waals surface area contributed by atoms with Gasteiger partial charge in [-0.2, -0.15) is 0 Å². The van der Waals surface area contributed by atoms with Crippen LogP contribution in [-0.4, -0.2) is 45.2 Å². The molecular weight excluding hydrogens is 539 g/mol. The predicted molar refractivity (Wildman–Crippen MR) is 150 cm³/mol. The second kappa shape index (κ2) is 13.0. The number of hydrogen-bond donors (Lipinski definition) is 3. The van der Waals surface area contributed by atoms with Crippen molar-refractivity contribution in [1.82, 2.24) is 4.90 Å². The van der Waals surface area contributed by atoms with Crippen molar-refractivity contribution in [1.29, 1.82) is 0 Å². The zero-order valence-corrected chi connectivity index (χ0v) is 22.8. The molecule has 0 bridgehead atoms. The summed E-state index contributed by atoms with van der Waals surface area (Å²) in [5.74, 6) is -3.63. The molecule has 0 spiro atoms. The lowest BCUT2D eigenvalue weighted by Crippen LogP contribution is -2.44. The van der Waals surface area contributed by atoms with Gasteiger partial charge in [0.1, 0.15) is 17.6 Å². The van der Waals surface area contributed by atoms with Crippen molar-refractivity contribution in [2.24, 2.45) is 0 Å². The maximum absolute atomic E-state index is 14.7. The number of fused-ring (bicyclic) bond motifs is 1. The van der Waals surface area contributed by atoms with Crippen LogP contribution in [0.4, 0.5) is 10.1 Å². The molecule has 40 heavy (non-hydrogen) atoms. The second-order valence-electron chi connectivity index (χ2n) is 8.61. The molecule has 0 radical (unpaired) electrons. The summed E-state index contributed by atoms with van der Waals surface area (Å²) in [6.45, 7) is 5.33. The minimum Gasteiger partial charge on any atom is -0.508 e. The molecule has 0 saturated heterocycles. The van der Waals surface area contributed by atoms with E-state index in [9.17, 15) is 28.7 Å². The van der Waals surface area contributed by atoms with Crippen LogP contribution in [0.1, 0.15) is 64.2 Å². The Bertz CT molecular complexity index is 1490. The third-order valence-electron chi connectivity index (χ3n) is 6.23. The van der Waals surface area contributed by atoms with Crippen LogP contribution < -0.4 is 5.32 Å². The fraction of sp³-hybridized carbons (Fsp3) is 0.200. The van der Waals surface area contributed by atoms with E-state index in [2.05, 4.69) is 5.32 Å². The number of Topliss-reactive ketones (excluding diaryl/α,β-unsaturated/α-hetero) is 1. The Morgan fingerprint density at radius 2 is 1.73 bits per heavy atom. The molecule has 1 heterocycles. The summed E-state index contributed by atoms with van der Waals surface area (Å²) < 4.78 is 14.7. The fourth-order valence-electron chi connectivity index (χ4n) is 4.36. The van der Waals surface area contributed by atoms with Crippen LogP contribution in [0.5, 0.6) is 5.75 Å². The summed E-state index contributed by atoms with van der Waals surface area (Å²) in [6.07, 6.45) is 2.48. The highest BCUT2D eigenvalue weighted by Crippen LogP contribution is 2.36. The first-order valence-electron chi connectivity index (χ1n) is 12.5. The maximum Gasteiger partial charge on any atom is 0.335 e. The van der Waals surface area contributed by atoms with Crippen LogP contribution in [0.15, 0.2) is 60.7 Å². The van der Waals surface area contributed by atoms with Gasteiger partial charge in [0.25, 0.3) is 5.91 Å². The number of phenols is 1. The van der Waals surface area contributed by atoms with E-state index < -0.39 is 35.4 Å². The summed E-state index contributed by atoms with van der Waals surface area (Å²) >= 11 is 5.87. The van der Waals surface area contributed by atoms with E-state index in [-0.39, 0.29) is 40.4 Å². The van der Waals surface area contributed by atoms with Gasteiger partial charge in [0.05, 0.1) is 10.6 Å². The lowest BCUT2D eigenvalue weighted by molar-refractivity contribution is -0.135. The number of nitrogens with zero attached hydrogens (tertiary/aromatic N) is 1. The molecule has 1 aliphatic rings. The molecule has 0 aromatic heterocycles. The molecule has 0 fully saturated rings. The normalized spacial score (nSPS) is 14.1. The number of benzene rings is 3. The molecule has 1 unspecified atom stereocenters. The number of aromatic carboxylic acids is 1. The van der Waals surface area contributed by atoms with Gasteiger partial charge in [-0.3, -0.25) is 14.4 Å². The van der Waals surface area contributed by atoms with Crippen molar-refractivity contribution >= 4 is 46.9 Å². The van der Waals surface area contributed by atoms with Gasteiger partial charge in [0.15, 0.2) is 5.78 Å². The molecule has 3 N–H and O–H groups in total. The van der Waals surface area contributed by atoms with Crippen molar-refractivity contribution < 1.29 is 33.8 Å². The van der Waals surface area contributed by atoms with Crippen LogP contribution in [-0.2, 0) is 16.0 Å². The van der Waals surface area contributed by atoms with Gasteiger partial charge in [-0.15, -0.1) is 0 Å². The van der Waals surface area contributed by atoms with Crippen molar-refractivity contribution in [2.75, 3.05) is 11.9 Å². The number of carbonyl (C=O) groups excluding carboxylic acids is 3. The van der Waals surface area contributed by atoms with Crippen molar-refractivity contribution in [3.63, 3.8) is 0 Å². The monoisotopic (exact) mass is 566 g/mol. The molecular formula is C30H28ClFN2O6. The highest BCUT2D eigenvalue weighted by molar-refractivity contribution is 6.31. The van der Waals surface area contributed by atoms with Crippen LogP contribution in [0.2, 0.25) is 5.02 Å². The smallest absolute Gasteiger partial charge is 0.335 e. The zero-order valence-electron chi connectivity index (χ0n) is 22.1. The van der Waals surface area contributed by atoms with E-state index >= 15 is 0 Å². The van der Waals surface area contributed by atoms with Crippen LogP contribution in [0, 0.1) is 5.82 Å². The van der Waals surface area contributed by atoms with Gasteiger partial charge in [-0.1, -0.05) is 37.6 Å². The van der Waals surface area contributed by atoms with Crippen molar-refractivity contribution in [2.45, 2.75) is 33.2 Å². The van der Waals surface area contributed by atoms with Crippen LogP contribution in [0.25, 0.3) is 6.08 Å². The van der Waals surface area contributed by atoms with Crippen molar-refractivity contribution in [3.8, 4) is 5.75 Å². The SMILES string of the molecule is CC.CC(=O)c1ccc(Cl)c(F)c1/C=C/C(=O)N1CCc2c(O)cccc2C1C(=O)Nc1ccc(C(=O)O)cc1. The standard InChI is InChI=1S/C28H22ClFN2O6.C2H6/c1-15(33)18-9-11-22(29)25(30)20(18)10-12-24(35)32-14-13-19-21(3-2-4-23(19)34)26(32)27(36)31-17-7-5-16(6-8-17)28(37)38;1-2/h2-12,26,34H,13-14H2,1H3,(H,31,36)(H,37,38);1-2H3/b12-10+;. The molecule has 2 amide bonds. The number of carboxylic acids is 1. The van der Waals surface area contributed by atoms with Gasteiger partial charge in [-0.25, -0.2) is 9.18 Å². The maximum atomic E-state index is 14.7. The summed E-state index contributed by atoms with van der Waals surface area (Å²) in [6, 6.07) is 11.6. The van der Waals surface area contributed by atoms with Crippen LogP contribution >= 0.6 is 11.6 Å². The number of rotatable bonds is 6. The lowest BCUT2D eigenvalue weighted by Gasteiger charge is -2.36. The number of carboxylic acid groups (broad SMARTS) is 1. The number of hydrogen-bond acceptors (Lipinski definition) is 5. The van der Waals surface area contributed by atoms with E-state index in [1.54, 1.807) is 12.1 Å². The molecule has 3 aromatic rings. The molecule has 8 nitrogen and oxygen atoms in total. The Morgan fingerprint density at radius 3 is 2.35 bits per heavy atom. The quantitative estimate of drug-likeness (QED) is 0.252. The number of phenolic OH excluding ortho intramolecular Hbond substituents is 1. The molecule has 208 valence electrons. The Kier molecular flexibility index (Phi) is 9.79. The highest BCUT2D eigenvalue weighted by atomic mass is 35.5. The minimum atomic E-state index is -1.15. The first-order chi connectivity index (χ1) is 19.1. The molecule has 3 aromatic carbocycles. The Labute approximate surface area is 235 Å². The number of amides is 2. The summed E-state index contributed by atoms with van der Waals surface area (Å²) in [5.41, 5.74) is 1.17. The first-order valence-corrected chi connectivity index (χ1v) is 12.9. The third kappa shape index (κ3) is 6.38. The number of nitrogens with one attached hydrogen (secondary N) is 1. The third-order valence-corrected chi connectivity index (χ3v) is 6.52. The van der Waals surface area contributed by atoms with E-state index in [4.69, 9.17) is 16.7 Å². The molecule has 4 rings (SSSR count). The molecule has 0 aliphatic carbocycles. The van der Waals surface area contributed by atoms with Gasteiger partial charge >= 0.3 is 5.97 Å². The zero-order chi connectivity index (χ0) is 29.6. The molecule has 10 heteroatoms. The Morgan fingerprint density at radius 1 is 1.05 bits per heavy atom. The van der Waals surface area contributed by atoms with Gasteiger partial charge in [-0.05, 0) is 67.4 Å². The van der Waals surface area contributed by atoms with Crippen LogP contribution in [0.3, 0.4) is 0 Å². The lowest BCUT2D eigenvalue weighted by atomic mass is 9.91. The number of aromatic hydroxyl groups is 1. The van der Waals surface area contributed by atoms with E-state index in [0.717, 1.165) is 12.2 Å². The summed E-state index contributed by atoms with van der Waals surface area (Å²) in [5, 5.41) is 21.9. The fourth-order valence-corrected chi connectivity index (χ4v) is 4.53. The molecule has 1 atom stereocenters. The number of halogens is 2. The number of ketones is 1. The molecule has 1 aliphatic heterocycles. The van der Waals surface area contributed by atoms with E-state index in [1.165, 1.54) is 54.3 Å². The second-order valence-corrected chi connectivity index (χ2v) is 9.02. The summed E-state index contributed by atoms with van der Waals surface area (Å²) in [4.78, 5) is 51.1. The van der Waals surface area contributed by atoms with Gasteiger partial charge in [0.2, 0.25) is 5.91 Å². The molecule has 0 saturated carbocycles. The minimum absolute atomic E-state index is 0.0131. The first kappa shape index (κ1) is 30.0. The average Bonchev–Trinajstić information content (AvgIpc) is 2.94. The predicted octanol–water partition coefficient (Wildman–Crippen LogP) is 5.89. The number of carbonyl (C=O) groups is 4. The van der Waals surface area contributed by atoms with Crippen molar-refractivity contribution in [3.05, 3.63) is 99.3 Å². The van der Waals surface area contributed by atoms with Gasteiger partial charge < -0.3 is 20.4 Å². The average molecular weight is 567 g/mol. The Hall–Kier alpha value is -4.50. The highest BCUT2D eigenvalue weighted by Gasteiger charge is 2.36. The topological polar surface area (TPSA) is 124 Å².